The van der Waals surface area contributed by atoms with Gasteiger partial charge in [0, 0.05) is 29.7 Å². The number of carbonyl (C=O) groups excluding carboxylic acids is 2. The van der Waals surface area contributed by atoms with Gasteiger partial charge < -0.3 is 19.7 Å². The van der Waals surface area contributed by atoms with Gasteiger partial charge in [0.25, 0.3) is 5.91 Å². The van der Waals surface area contributed by atoms with Gasteiger partial charge in [-0.3, -0.25) is 4.79 Å². The van der Waals surface area contributed by atoms with Crippen LogP contribution in [0.15, 0.2) is 47.4 Å². The summed E-state index contributed by atoms with van der Waals surface area (Å²) in [5.74, 6) is -1.13. The molecular weight excluding hydrogens is 573 g/mol. The predicted octanol–water partition coefficient (Wildman–Crippen LogP) is 2.71. The van der Waals surface area contributed by atoms with Gasteiger partial charge >= 0.3 is 5.97 Å². The van der Waals surface area contributed by atoms with Crippen LogP contribution in [0, 0.1) is 3.57 Å². The van der Waals surface area contributed by atoms with Gasteiger partial charge in [-0.1, -0.05) is 12.1 Å². The van der Waals surface area contributed by atoms with E-state index in [9.17, 15) is 18.0 Å². The fraction of sp³-hybridized carbons (Fsp3) is 0.391. The Morgan fingerprint density at radius 2 is 1.74 bits per heavy atom. The molecule has 0 radical (unpaired) electrons. The van der Waals surface area contributed by atoms with Crippen molar-refractivity contribution in [3.8, 4) is 0 Å². The number of morpholine rings is 1. The Kier molecular flexibility index (Phi) is 8.06. The first kappa shape index (κ1) is 24.9. The monoisotopic (exact) mass is 599 g/mol. The van der Waals surface area contributed by atoms with E-state index in [1.54, 1.807) is 30.3 Å². The highest BCUT2D eigenvalue weighted by molar-refractivity contribution is 14.1. The zero-order chi connectivity index (χ0) is 24.1. The summed E-state index contributed by atoms with van der Waals surface area (Å²) in [6.07, 6.45) is 2.04. The largest absolute Gasteiger partial charge is 0.452 e. The third-order valence-corrected chi connectivity index (χ3v) is 8.56. The molecule has 2 aliphatic rings. The van der Waals surface area contributed by atoms with Gasteiger partial charge in [0.05, 0.1) is 35.0 Å². The number of anilines is 2. The van der Waals surface area contributed by atoms with E-state index in [0.29, 0.717) is 24.5 Å². The number of hydrogen-bond donors (Lipinski definition) is 1. The van der Waals surface area contributed by atoms with E-state index in [4.69, 9.17) is 9.47 Å². The number of halogens is 1. The molecule has 0 bridgehead atoms. The normalized spacial score (nSPS) is 16.9. The summed E-state index contributed by atoms with van der Waals surface area (Å²) in [4.78, 5) is 27.2. The Balaban J connectivity index is 1.52. The number of ether oxygens (including phenoxy) is 2. The molecule has 2 fully saturated rings. The lowest BCUT2D eigenvalue weighted by molar-refractivity contribution is -0.119. The molecule has 0 atom stereocenters. The van der Waals surface area contributed by atoms with Crippen LogP contribution in [0.3, 0.4) is 0 Å². The van der Waals surface area contributed by atoms with Gasteiger partial charge in [0.1, 0.15) is 0 Å². The molecule has 2 aliphatic heterocycles. The van der Waals surface area contributed by atoms with Crippen LogP contribution in [0.4, 0.5) is 11.4 Å². The zero-order valence-electron chi connectivity index (χ0n) is 18.5. The third kappa shape index (κ3) is 5.70. The molecule has 2 heterocycles. The summed E-state index contributed by atoms with van der Waals surface area (Å²) in [5.41, 5.74) is 1.51. The summed E-state index contributed by atoms with van der Waals surface area (Å²) >= 11 is 2.03. The van der Waals surface area contributed by atoms with Crippen LogP contribution in [0.1, 0.15) is 23.2 Å². The van der Waals surface area contributed by atoms with E-state index in [1.165, 1.54) is 10.4 Å². The number of sulfonamides is 1. The van der Waals surface area contributed by atoms with Crippen LogP contribution in [-0.2, 0) is 24.3 Å². The van der Waals surface area contributed by atoms with Gasteiger partial charge in [-0.2, -0.15) is 4.31 Å². The minimum atomic E-state index is -3.73. The summed E-state index contributed by atoms with van der Waals surface area (Å²) in [6, 6.07) is 11.7. The fourth-order valence-corrected chi connectivity index (χ4v) is 6.01. The average molecular weight is 599 g/mol. The summed E-state index contributed by atoms with van der Waals surface area (Å²) in [7, 11) is -3.73. The van der Waals surface area contributed by atoms with E-state index >= 15 is 0 Å². The summed E-state index contributed by atoms with van der Waals surface area (Å²) < 4.78 is 38.8. The molecule has 2 aromatic rings. The van der Waals surface area contributed by atoms with Gasteiger partial charge in [0.2, 0.25) is 10.0 Å². The lowest BCUT2D eigenvalue weighted by Gasteiger charge is -2.27. The smallest absolute Gasteiger partial charge is 0.339 e. The SMILES string of the molecule is O=C(COC(=O)c1ccccc1I)Nc1cc(S(=O)(=O)N2CCOCC2)ccc1N1CCCC1. The molecule has 1 N–H and O–H groups in total. The van der Waals surface area contributed by atoms with Crippen molar-refractivity contribution in [1.82, 2.24) is 4.31 Å². The summed E-state index contributed by atoms with van der Waals surface area (Å²) in [5, 5.41) is 2.76. The van der Waals surface area contributed by atoms with Crippen LogP contribution in [0.5, 0.6) is 0 Å². The maximum Gasteiger partial charge on any atom is 0.339 e. The molecular formula is C23H26IN3O6S. The van der Waals surface area contributed by atoms with Crippen molar-refractivity contribution in [2.75, 3.05) is 56.2 Å². The highest BCUT2D eigenvalue weighted by Gasteiger charge is 2.28. The number of rotatable bonds is 7. The lowest BCUT2D eigenvalue weighted by atomic mass is 10.2. The minimum Gasteiger partial charge on any atom is -0.452 e. The molecule has 182 valence electrons. The van der Waals surface area contributed by atoms with Crippen molar-refractivity contribution in [2.24, 2.45) is 0 Å². The van der Waals surface area contributed by atoms with Crippen LogP contribution < -0.4 is 10.2 Å². The van der Waals surface area contributed by atoms with Crippen molar-refractivity contribution in [3.05, 3.63) is 51.6 Å². The summed E-state index contributed by atoms with van der Waals surface area (Å²) in [6.45, 7) is 2.42. The van der Waals surface area contributed by atoms with Gasteiger partial charge in [0.15, 0.2) is 6.61 Å². The van der Waals surface area contributed by atoms with Gasteiger partial charge in [-0.15, -0.1) is 0 Å². The minimum absolute atomic E-state index is 0.100. The molecule has 0 aromatic heterocycles. The molecule has 11 heteroatoms. The molecule has 4 rings (SSSR count). The first-order valence-electron chi connectivity index (χ1n) is 11.0. The molecule has 34 heavy (non-hydrogen) atoms. The molecule has 0 spiro atoms. The fourth-order valence-electron chi connectivity index (χ4n) is 3.97. The maximum atomic E-state index is 13.1. The number of nitrogens with zero attached hydrogens (tertiary/aromatic N) is 2. The quantitative estimate of drug-likeness (QED) is 0.386. The standard InChI is InChI=1S/C23H26IN3O6S/c24-19-6-2-1-5-18(19)23(29)33-16-22(28)25-20-15-17(7-8-21(20)26-9-3-4-10-26)34(30,31)27-11-13-32-14-12-27/h1-2,5-8,15H,3-4,9-14,16H2,(H,25,28). The number of amides is 1. The number of benzene rings is 2. The molecule has 0 aliphatic carbocycles. The van der Waals surface area contributed by atoms with E-state index in [1.807, 2.05) is 28.7 Å². The molecule has 0 unspecified atom stereocenters. The Bertz CT molecular complexity index is 1160. The molecule has 2 aromatic carbocycles. The second kappa shape index (κ2) is 11.0. The predicted molar refractivity (Wildman–Crippen MR) is 136 cm³/mol. The van der Waals surface area contributed by atoms with Crippen molar-refractivity contribution in [2.45, 2.75) is 17.7 Å². The van der Waals surface area contributed by atoms with E-state index in [-0.39, 0.29) is 18.0 Å². The molecule has 9 nitrogen and oxygen atoms in total. The number of nitrogens with one attached hydrogen (secondary N) is 1. The first-order valence-corrected chi connectivity index (χ1v) is 13.6. The lowest BCUT2D eigenvalue weighted by Crippen LogP contribution is -2.40. The Morgan fingerprint density at radius 1 is 1.03 bits per heavy atom. The van der Waals surface area contributed by atoms with Crippen LogP contribution in [-0.4, -0.2) is 70.6 Å². The number of hydrogen-bond acceptors (Lipinski definition) is 7. The topological polar surface area (TPSA) is 105 Å². The molecule has 0 saturated carbocycles. The highest BCUT2D eigenvalue weighted by Crippen LogP contribution is 2.32. The van der Waals surface area contributed by atoms with Crippen molar-refractivity contribution in [3.63, 3.8) is 0 Å². The van der Waals surface area contributed by atoms with Crippen molar-refractivity contribution < 1.29 is 27.5 Å². The van der Waals surface area contributed by atoms with Crippen LogP contribution >= 0.6 is 22.6 Å². The molecule has 1 amide bonds. The zero-order valence-corrected chi connectivity index (χ0v) is 21.5. The van der Waals surface area contributed by atoms with Gasteiger partial charge in [-0.25, -0.2) is 13.2 Å². The molecule has 2 saturated heterocycles. The van der Waals surface area contributed by atoms with Crippen LogP contribution in [0.25, 0.3) is 0 Å². The Hall–Kier alpha value is -2.22. The van der Waals surface area contributed by atoms with Crippen molar-refractivity contribution >= 4 is 55.9 Å². The Labute approximate surface area is 212 Å². The second-order valence-corrected chi connectivity index (χ2v) is 11.1. The maximum absolute atomic E-state index is 13.1. The van der Waals surface area contributed by atoms with E-state index < -0.39 is 28.5 Å². The van der Waals surface area contributed by atoms with E-state index in [2.05, 4.69) is 10.2 Å². The second-order valence-electron chi connectivity index (χ2n) is 7.99. The third-order valence-electron chi connectivity index (χ3n) is 5.72. The van der Waals surface area contributed by atoms with Crippen LogP contribution in [0.2, 0.25) is 0 Å². The van der Waals surface area contributed by atoms with Gasteiger partial charge in [-0.05, 0) is 65.8 Å². The first-order chi connectivity index (χ1) is 16.4. The number of esters is 1. The highest BCUT2D eigenvalue weighted by atomic mass is 127. The number of carbonyl (C=O) groups is 2. The average Bonchev–Trinajstić information content (AvgIpc) is 3.38. The van der Waals surface area contributed by atoms with Crippen molar-refractivity contribution in [1.29, 1.82) is 0 Å². The van der Waals surface area contributed by atoms with E-state index in [0.717, 1.165) is 35.2 Å². The Morgan fingerprint density at radius 3 is 2.44 bits per heavy atom.